The van der Waals surface area contributed by atoms with Crippen LogP contribution in [0.15, 0.2) is 53.6 Å². The molecule has 26 heavy (non-hydrogen) atoms. The second kappa shape index (κ2) is 7.55. The number of amides is 1. The van der Waals surface area contributed by atoms with Gasteiger partial charge in [0.05, 0.1) is 4.90 Å². The largest absolute Gasteiger partial charge is 0.335 e. The van der Waals surface area contributed by atoms with Crippen LogP contribution in [0.5, 0.6) is 0 Å². The first-order chi connectivity index (χ1) is 12.4. The van der Waals surface area contributed by atoms with Gasteiger partial charge in [-0.25, -0.2) is 8.42 Å². The van der Waals surface area contributed by atoms with Gasteiger partial charge in [-0.2, -0.15) is 4.31 Å². The first-order valence-electron chi connectivity index (χ1n) is 8.70. The Morgan fingerprint density at radius 1 is 1.00 bits per heavy atom. The van der Waals surface area contributed by atoms with Gasteiger partial charge in [-0.15, -0.1) is 0 Å². The van der Waals surface area contributed by atoms with E-state index >= 15 is 0 Å². The molecule has 3 rings (SSSR count). The quantitative estimate of drug-likeness (QED) is 0.825. The molecule has 1 fully saturated rings. The lowest BCUT2D eigenvalue weighted by Crippen LogP contribution is -2.50. The lowest BCUT2D eigenvalue weighted by atomic mass is 10.0. The number of nitrogens with zero attached hydrogens (tertiary/aromatic N) is 3. The molecule has 0 saturated carbocycles. The first-order valence-corrected chi connectivity index (χ1v) is 10.1. The highest BCUT2D eigenvalue weighted by molar-refractivity contribution is 7.89. The Kier molecular flexibility index (Phi) is 5.38. The van der Waals surface area contributed by atoms with Crippen LogP contribution in [0.25, 0.3) is 0 Å². The van der Waals surface area contributed by atoms with Crippen LogP contribution in [0.4, 0.5) is 0 Å². The van der Waals surface area contributed by atoms with E-state index in [-0.39, 0.29) is 19.0 Å². The number of benzene rings is 1. The molecule has 0 atom stereocenters. The van der Waals surface area contributed by atoms with Crippen LogP contribution in [0.2, 0.25) is 0 Å². The van der Waals surface area contributed by atoms with Crippen LogP contribution in [0, 0.1) is 0 Å². The lowest BCUT2D eigenvalue weighted by Gasteiger charge is -2.33. The fraction of sp³-hybridized carbons (Fsp3) is 0.368. The number of hydrogen-bond acceptors (Lipinski definition) is 4. The van der Waals surface area contributed by atoms with Gasteiger partial charge in [0.15, 0.2) is 0 Å². The second-order valence-electron chi connectivity index (χ2n) is 6.64. The van der Waals surface area contributed by atoms with Crippen molar-refractivity contribution in [2.24, 2.45) is 0 Å². The van der Waals surface area contributed by atoms with Crippen LogP contribution in [0.3, 0.4) is 0 Å². The van der Waals surface area contributed by atoms with Crippen LogP contribution in [-0.2, 0) is 10.0 Å². The van der Waals surface area contributed by atoms with Crippen LogP contribution in [-0.4, -0.2) is 54.7 Å². The molecule has 1 aromatic heterocycles. The Labute approximate surface area is 154 Å². The average molecular weight is 373 g/mol. The highest BCUT2D eigenvalue weighted by atomic mass is 32.2. The number of carbonyl (C=O) groups excluding carboxylic acids is 1. The molecule has 138 valence electrons. The molecule has 0 unspecified atom stereocenters. The van der Waals surface area contributed by atoms with Crippen molar-refractivity contribution in [1.82, 2.24) is 14.2 Å². The lowest BCUT2D eigenvalue weighted by molar-refractivity contribution is 0.0692. The predicted octanol–water partition coefficient (Wildman–Crippen LogP) is 2.35. The van der Waals surface area contributed by atoms with Crippen molar-refractivity contribution in [2.75, 3.05) is 26.2 Å². The summed E-state index contributed by atoms with van der Waals surface area (Å²) >= 11 is 0. The number of pyridine rings is 1. The summed E-state index contributed by atoms with van der Waals surface area (Å²) in [6.07, 6.45) is 1.58. The summed E-state index contributed by atoms with van der Waals surface area (Å²) in [5.74, 6) is 0.192. The van der Waals surface area contributed by atoms with E-state index in [4.69, 9.17) is 0 Å². The van der Waals surface area contributed by atoms with Gasteiger partial charge in [0, 0.05) is 32.4 Å². The van der Waals surface area contributed by atoms with Crippen molar-refractivity contribution >= 4 is 15.9 Å². The molecule has 1 aliphatic rings. The van der Waals surface area contributed by atoms with Gasteiger partial charge >= 0.3 is 0 Å². The average Bonchev–Trinajstić information content (AvgIpc) is 2.68. The van der Waals surface area contributed by atoms with E-state index < -0.39 is 10.0 Å². The monoisotopic (exact) mass is 373 g/mol. The van der Waals surface area contributed by atoms with E-state index in [1.54, 1.807) is 41.4 Å². The minimum atomic E-state index is -3.54. The Balaban J connectivity index is 1.68. The first kappa shape index (κ1) is 18.5. The molecule has 0 aliphatic carbocycles. The highest BCUT2D eigenvalue weighted by Gasteiger charge is 2.30. The van der Waals surface area contributed by atoms with E-state index in [1.165, 1.54) is 4.31 Å². The fourth-order valence-corrected chi connectivity index (χ4v) is 4.38. The Morgan fingerprint density at radius 3 is 2.19 bits per heavy atom. The maximum Gasteiger partial charge on any atom is 0.272 e. The molecular formula is C19H23N3O3S. The summed E-state index contributed by atoms with van der Waals surface area (Å²) in [6.45, 7) is 5.43. The molecule has 0 bridgehead atoms. The number of piperazine rings is 1. The summed E-state index contributed by atoms with van der Waals surface area (Å²) in [5.41, 5.74) is 1.49. The molecule has 0 N–H and O–H groups in total. The zero-order chi connectivity index (χ0) is 18.7. The molecule has 1 amide bonds. The Hall–Kier alpha value is -2.25. The topological polar surface area (TPSA) is 70.6 Å². The number of aromatic nitrogens is 1. The molecule has 6 nitrogen and oxygen atoms in total. The third-order valence-electron chi connectivity index (χ3n) is 4.59. The standard InChI is InChI=1S/C19H23N3O3S/c1-15(2)16-6-8-17(9-7-16)26(24,25)22-13-11-21(12-14-22)19(23)18-5-3-4-10-20-18/h3-10,15H,11-14H2,1-2H3. The normalized spacial score (nSPS) is 16.0. The fourth-order valence-electron chi connectivity index (χ4n) is 2.96. The molecule has 2 heterocycles. The second-order valence-corrected chi connectivity index (χ2v) is 8.57. The number of carbonyl (C=O) groups is 1. The smallest absolute Gasteiger partial charge is 0.272 e. The van der Waals surface area contributed by atoms with E-state index in [1.807, 2.05) is 12.1 Å². The predicted molar refractivity (Wildman–Crippen MR) is 99.4 cm³/mol. The van der Waals surface area contributed by atoms with Gasteiger partial charge in [0.2, 0.25) is 10.0 Å². The third-order valence-corrected chi connectivity index (χ3v) is 6.51. The summed E-state index contributed by atoms with van der Waals surface area (Å²) < 4.78 is 27.1. The van der Waals surface area contributed by atoms with E-state index in [0.29, 0.717) is 29.6 Å². The number of rotatable bonds is 4. The molecule has 2 aromatic rings. The molecule has 1 aliphatic heterocycles. The third kappa shape index (κ3) is 3.78. The molecule has 0 spiro atoms. The van der Waals surface area contributed by atoms with E-state index in [0.717, 1.165) is 5.56 Å². The van der Waals surface area contributed by atoms with Gasteiger partial charge in [0.1, 0.15) is 5.69 Å². The molecule has 1 saturated heterocycles. The summed E-state index contributed by atoms with van der Waals surface area (Å²) in [5, 5.41) is 0. The van der Waals surface area contributed by atoms with Crippen LogP contribution >= 0.6 is 0 Å². The highest BCUT2D eigenvalue weighted by Crippen LogP contribution is 2.21. The maximum atomic E-state index is 12.8. The van der Waals surface area contributed by atoms with Gasteiger partial charge in [-0.05, 0) is 35.7 Å². The van der Waals surface area contributed by atoms with Gasteiger partial charge in [-0.1, -0.05) is 32.0 Å². The van der Waals surface area contributed by atoms with Crippen molar-refractivity contribution < 1.29 is 13.2 Å². The zero-order valence-corrected chi connectivity index (χ0v) is 15.8. The van der Waals surface area contributed by atoms with Gasteiger partial charge in [-0.3, -0.25) is 9.78 Å². The Bertz CT molecular complexity index is 857. The van der Waals surface area contributed by atoms with Crippen molar-refractivity contribution in [3.8, 4) is 0 Å². The summed E-state index contributed by atoms with van der Waals surface area (Å²) in [4.78, 5) is 18.4. The molecule has 7 heteroatoms. The molecular weight excluding hydrogens is 350 g/mol. The van der Waals surface area contributed by atoms with Crippen LogP contribution < -0.4 is 0 Å². The minimum absolute atomic E-state index is 0.163. The molecule has 1 aromatic carbocycles. The minimum Gasteiger partial charge on any atom is -0.335 e. The van der Waals surface area contributed by atoms with Crippen molar-refractivity contribution in [3.63, 3.8) is 0 Å². The van der Waals surface area contributed by atoms with Crippen molar-refractivity contribution in [1.29, 1.82) is 0 Å². The number of sulfonamides is 1. The summed E-state index contributed by atoms with van der Waals surface area (Å²) in [6, 6.07) is 12.2. The SMILES string of the molecule is CC(C)c1ccc(S(=O)(=O)N2CCN(C(=O)c3ccccn3)CC2)cc1. The van der Waals surface area contributed by atoms with Crippen LogP contribution in [0.1, 0.15) is 35.8 Å². The van der Waals surface area contributed by atoms with Crippen molar-refractivity contribution in [2.45, 2.75) is 24.7 Å². The van der Waals surface area contributed by atoms with E-state index in [9.17, 15) is 13.2 Å². The van der Waals surface area contributed by atoms with E-state index in [2.05, 4.69) is 18.8 Å². The Morgan fingerprint density at radius 2 is 1.65 bits per heavy atom. The van der Waals surface area contributed by atoms with Gasteiger partial charge < -0.3 is 4.90 Å². The number of hydrogen-bond donors (Lipinski definition) is 0. The zero-order valence-electron chi connectivity index (χ0n) is 15.0. The molecule has 0 radical (unpaired) electrons. The summed E-state index contributed by atoms with van der Waals surface area (Å²) in [7, 11) is -3.54. The van der Waals surface area contributed by atoms with Crippen molar-refractivity contribution in [3.05, 3.63) is 59.9 Å². The van der Waals surface area contributed by atoms with Gasteiger partial charge in [0.25, 0.3) is 5.91 Å². The maximum absolute atomic E-state index is 12.8.